The maximum absolute atomic E-state index is 14.1. The molecule has 6 rings (SSSR count). The average Bonchev–Trinajstić information content (AvgIpc) is 3.52. The van der Waals surface area contributed by atoms with E-state index in [1.807, 2.05) is 48.5 Å². The van der Waals surface area contributed by atoms with E-state index in [1.165, 1.54) is 0 Å². The molecule has 0 aliphatic carbocycles. The van der Waals surface area contributed by atoms with E-state index in [1.54, 1.807) is 47.4 Å². The Morgan fingerprint density at radius 3 is 2.13 bits per heavy atom. The number of hydrogen-bond donors (Lipinski definition) is 2. The van der Waals surface area contributed by atoms with E-state index in [-0.39, 0.29) is 31.3 Å². The zero-order valence-corrected chi connectivity index (χ0v) is 26.3. The highest BCUT2D eigenvalue weighted by Gasteiger charge is 2.38. The Morgan fingerprint density at radius 2 is 1.47 bits per heavy atom. The van der Waals surface area contributed by atoms with E-state index < -0.39 is 46.8 Å². The third kappa shape index (κ3) is 6.90. The second-order valence-corrected chi connectivity index (χ2v) is 13.2. The molecule has 244 valence electrons. The molecule has 4 aromatic carbocycles. The maximum Gasteiger partial charge on any atom is 0.257 e. The van der Waals surface area contributed by atoms with Crippen LogP contribution in [0.2, 0.25) is 0 Å². The Morgan fingerprint density at radius 1 is 0.851 bits per heavy atom. The molecule has 1 aliphatic heterocycles. The van der Waals surface area contributed by atoms with Crippen molar-refractivity contribution in [2.75, 3.05) is 5.75 Å². The van der Waals surface area contributed by atoms with Crippen LogP contribution in [-0.4, -0.2) is 27.9 Å². The van der Waals surface area contributed by atoms with Gasteiger partial charge in [0.15, 0.2) is 33.9 Å². The minimum atomic E-state index is -2.34. The predicted molar refractivity (Wildman–Crippen MR) is 167 cm³/mol. The van der Waals surface area contributed by atoms with Crippen LogP contribution >= 0.6 is 23.1 Å². The largest absolute Gasteiger partial charge is 0.392 e. The summed E-state index contributed by atoms with van der Waals surface area (Å²) < 4.78 is 83.6. The molecule has 5 aromatic rings. The minimum Gasteiger partial charge on any atom is -0.392 e. The monoisotopic (exact) mass is 686 g/mol. The van der Waals surface area contributed by atoms with Crippen molar-refractivity contribution in [3.8, 4) is 0 Å². The van der Waals surface area contributed by atoms with Crippen LogP contribution in [0.5, 0.6) is 0 Å². The van der Waals surface area contributed by atoms with E-state index in [2.05, 4.69) is 12.2 Å². The SMILES string of the molecule is C[C@@H]1[C@H](CSc2nc3ccccc3s2)O[C@H](c2ccc(CNC(=O)c3c(F)c(F)c(F)c(F)c3F)cc2)O[C@@H]1c1ccc(CO)cc1. The van der Waals surface area contributed by atoms with Gasteiger partial charge in [-0.1, -0.05) is 79.3 Å². The number of ether oxygens (including phenoxy) is 2. The van der Waals surface area contributed by atoms with Crippen LogP contribution in [-0.2, 0) is 22.6 Å². The summed E-state index contributed by atoms with van der Waals surface area (Å²) in [6.07, 6.45) is -1.36. The quantitative estimate of drug-likeness (QED) is 0.0709. The van der Waals surface area contributed by atoms with Gasteiger partial charge in [0.2, 0.25) is 5.82 Å². The van der Waals surface area contributed by atoms with Crippen molar-refractivity contribution in [1.82, 2.24) is 10.3 Å². The number of amides is 1. The van der Waals surface area contributed by atoms with Crippen molar-refractivity contribution >= 4 is 39.2 Å². The third-order valence-corrected chi connectivity index (χ3v) is 10.2. The van der Waals surface area contributed by atoms with E-state index >= 15 is 0 Å². The summed E-state index contributed by atoms with van der Waals surface area (Å²) in [4.78, 5) is 17.1. The summed E-state index contributed by atoms with van der Waals surface area (Å²) >= 11 is 3.22. The number of hydrogen-bond acceptors (Lipinski definition) is 7. The maximum atomic E-state index is 14.1. The van der Waals surface area contributed by atoms with Crippen LogP contribution in [0.25, 0.3) is 10.2 Å². The Bertz CT molecular complexity index is 1840. The number of thioether (sulfide) groups is 1. The predicted octanol–water partition coefficient (Wildman–Crippen LogP) is 8.00. The number of carbonyl (C=O) groups is 1. The Hall–Kier alpha value is -3.88. The van der Waals surface area contributed by atoms with Crippen molar-refractivity contribution in [2.45, 2.75) is 42.9 Å². The summed E-state index contributed by atoms with van der Waals surface area (Å²) in [6, 6.07) is 22.1. The molecule has 47 heavy (non-hydrogen) atoms. The van der Waals surface area contributed by atoms with Gasteiger partial charge in [0.1, 0.15) is 5.56 Å². The molecule has 0 bridgehead atoms. The first-order valence-electron chi connectivity index (χ1n) is 14.5. The van der Waals surface area contributed by atoms with Gasteiger partial charge in [0, 0.05) is 23.8 Å². The van der Waals surface area contributed by atoms with E-state index in [0.29, 0.717) is 16.9 Å². The molecular formula is C34H27F5N2O4S2. The molecule has 0 spiro atoms. The molecule has 1 fully saturated rings. The van der Waals surface area contributed by atoms with E-state index in [9.17, 15) is 31.9 Å². The number of carbonyl (C=O) groups excluding carboxylic acids is 1. The molecule has 1 saturated heterocycles. The highest BCUT2D eigenvalue weighted by molar-refractivity contribution is 8.01. The smallest absolute Gasteiger partial charge is 0.257 e. The zero-order valence-electron chi connectivity index (χ0n) is 24.7. The minimum absolute atomic E-state index is 0.0514. The molecule has 13 heteroatoms. The number of rotatable bonds is 9. The van der Waals surface area contributed by atoms with Crippen LogP contribution < -0.4 is 5.32 Å². The molecule has 4 atom stereocenters. The first kappa shape index (κ1) is 33.0. The van der Waals surface area contributed by atoms with Gasteiger partial charge >= 0.3 is 0 Å². The number of benzene rings is 4. The first-order chi connectivity index (χ1) is 22.6. The van der Waals surface area contributed by atoms with Crippen LogP contribution in [0.1, 0.15) is 51.9 Å². The Kier molecular flexibility index (Phi) is 9.90. The van der Waals surface area contributed by atoms with Crippen LogP contribution in [0.3, 0.4) is 0 Å². The summed E-state index contributed by atoms with van der Waals surface area (Å²) in [7, 11) is 0. The highest BCUT2D eigenvalue weighted by Crippen LogP contribution is 2.43. The fourth-order valence-electron chi connectivity index (χ4n) is 5.24. The van der Waals surface area contributed by atoms with Gasteiger partial charge in [-0.2, -0.15) is 0 Å². The van der Waals surface area contributed by atoms with Crippen molar-refractivity contribution < 1.29 is 41.3 Å². The third-order valence-electron chi connectivity index (χ3n) is 7.91. The van der Waals surface area contributed by atoms with Crippen LogP contribution in [0.15, 0.2) is 77.1 Å². The van der Waals surface area contributed by atoms with Gasteiger partial charge in [0.25, 0.3) is 5.91 Å². The lowest BCUT2D eigenvalue weighted by Crippen LogP contribution is -2.38. The molecule has 0 unspecified atom stereocenters. The fourth-order valence-corrected chi connectivity index (χ4v) is 7.50. The van der Waals surface area contributed by atoms with Crippen molar-refractivity contribution in [1.29, 1.82) is 0 Å². The number of halogens is 5. The van der Waals surface area contributed by atoms with Crippen molar-refractivity contribution in [3.05, 3.63) is 130 Å². The normalized spacial score (nSPS) is 19.6. The summed E-state index contributed by atoms with van der Waals surface area (Å²) in [6.45, 7) is 1.73. The van der Waals surface area contributed by atoms with Gasteiger partial charge in [-0.05, 0) is 28.8 Å². The summed E-state index contributed by atoms with van der Waals surface area (Å²) in [5, 5.41) is 11.7. The number of nitrogens with zero attached hydrogens (tertiary/aromatic N) is 1. The van der Waals surface area contributed by atoms with Gasteiger partial charge in [-0.25, -0.2) is 26.9 Å². The van der Waals surface area contributed by atoms with Crippen molar-refractivity contribution in [2.24, 2.45) is 5.92 Å². The van der Waals surface area contributed by atoms with Crippen molar-refractivity contribution in [3.63, 3.8) is 0 Å². The standard InChI is InChI=1S/C34H27F5N2O4S2/c1-17-23(16-46-34-41-22-4-2-3-5-24(22)47-34)44-33(45-31(17)20-10-8-19(15-42)9-11-20)21-12-6-18(7-13-21)14-40-32(43)25-26(35)28(37)30(39)29(38)27(25)36/h2-13,17,23,31,33,42H,14-16H2,1H3,(H,40,43)/t17-,23+,31+,33+/m1/s1. The highest BCUT2D eigenvalue weighted by atomic mass is 32.2. The topological polar surface area (TPSA) is 80.7 Å². The lowest BCUT2D eigenvalue weighted by Gasteiger charge is -2.41. The number of aliphatic hydroxyl groups is 1. The average molecular weight is 687 g/mol. The second-order valence-electron chi connectivity index (χ2n) is 10.9. The Balaban J connectivity index is 1.18. The van der Waals surface area contributed by atoms with Gasteiger partial charge < -0.3 is 19.9 Å². The number of para-hydroxylation sites is 1. The number of aliphatic hydroxyl groups excluding tert-OH is 1. The van der Waals surface area contributed by atoms with E-state index in [4.69, 9.17) is 14.5 Å². The Labute approximate surface area is 274 Å². The van der Waals surface area contributed by atoms with Crippen LogP contribution in [0.4, 0.5) is 22.0 Å². The number of nitrogens with one attached hydrogen (secondary N) is 1. The molecule has 6 nitrogen and oxygen atoms in total. The van der Waals surface area contributed by atoms with Gasteiger partial charge in [0.05, 0.1) is 29.0 Å². The lowest BCUT2D eigenvalue weighted by atomic mass is 9.91. The number of aromatic nitrogens is 1. The summed E-state index contributed by atoms with van der Waals surface area (Å²) in [5.74, 6) is -12.0. The molecule has 2 N–H and O–H groups in total. The number of thiazole rings is 1. The number of fused-ring (bicyclic) bond motifs is 1. The van der Waals surface area contributed by atoms with Crippen LogP contribution in [0, 0.1) is 35.0 Å². The first-order valence-corrected chi connectivity index (χ1v) is 16.3. The molecule has 1 aliphatic rings. The molecule has 1 amide bonds. The zero-order chi connectivity index (χ0) is 33.2. The van der Waals surface area contributed by atoms with Gasteiger partial charge in [-0.3, -0.25) is 4.79 Å². The second kappa shape index (κ2) is 14.1. The molecule has 0 radical (unpaired) electrons. The molecule has 2 heterocycles. The van der Waals surface area contributed by atoms with E-state index in [0.717, 1.165) is 25.7 Å². The molecule has 0 saturated carbocycles. The fraction of sp³-hybridized carbons (Fsp3) is 0.235. The lowest BCUT2D eigenvalue weighted by molar-refractivity contribution is -0.268. The molecular weight excluding hydrogens is 660 g/mol. The van der Waals surface area contributed by atoms with Gasteiger partial charge in [-0.15, -0.1) is 11.3 Å². The summed E-state index contributed by atoms with van der Waals surface area (Å²) in [5.41, 5.74) is 2.24. The molecule has 1 aromatic heterocycles.